The molecule has 0 bridgehead atoms. The minimum atomic E-state index is 0.268. The van der Waals surface area contributed by atoms with E-state index in [1.165, 1.54) is 0 Å². The Kier molecular flexibility index (Phi) is 4.47. The molecule has 0 aliphatic rings. The monoisotopic (exact) mass is 272 g/mol. The van der Waals surface area contributed by atoms with Crippen LogP contribution in [0.5, 0.6) is 0 Å². The summed E-state index contributed by atoms with van der Waals surface area (Å²) in [7, 11) is 1.96. The summed E-state index contributed by atoms with van der Waals surface area (Å²) in [5, 5.41) is 0. The van der Waals surface area contributed by atoms with Gasteiger partial charge in [-0.1, -0.05) is 6.07 Å². The van der Waals surface area contributed by atoms with Crippen LogP contribution in [-0.4, -0.2) is 28.5 Å². The summed E-state index contributed by atoms with van der Waals surface area (Å²) in [6, 6.07) is 5.98. The number of aromatic nitrogens is 3. The number of hydrogen-bond acceptors (Lipinski definition) is 6. The van der Waals surface area contributed by atoms with Crippen LogP contribution in [0.25, 0.3) is 0 Å². The zero-order valence-electron chi connectivity index (χ0n) is 11.9. The summed E-state index contributed by atoms with van der Waals surface area (Å²) in [6.07, 6.45) is 2.46. The lowest BCUT2D eigenvalue weighted by Crippen LogP contribution is -2.22. The molecular weight excluding hydrogens is 252 g/mol. The highest BCUT2D eigenvalue weighted by Crippen LogP contribution is 2.19. The second-order valence-corrected chi connectivity index (χ2v) is 4.74. The number of aryl methyl sites for hydroxylation is 1. The Morgan fingerprint density at radius 3 is 2.75 bits per heavy atom. The first-order valence-corrected chi connectivity index (χ1v) is 6.55. The number of hydrogen-bond donors (Lipinski definition) is 2. The minimum Gasteiger partial charge on any atom is -0.368 e. The lowest BCUT2D eigenvalue weighted by Gasteiger charge is -2.21. The molecular formula is C14H20N6. The van der Waals surface area contributed by atoms with Crippen molar-refractivity contribution in [3.05, 3.63) is 41.3 Å². The van der Waals surface area contributed by atoms with Crippen molar-refractivity contribution in [2.24, 2.45) is 5.73 Å². The van der Waals surface area contributed by atoms with Crippen molar-refractivity contribution in [3.63, 3.8) is 0 Å². The van der Waals surface area contributed by atoms with E-state index in [1.54, 1.807) is 6.20 Å². The van der Waals surface area contributed by atoms with Gasteiger partial charge in [-0.3, -0.25) is 4.98 Å². The van der Waals surface area contributed by atoms with Crippen LogP contribution in [0, 0.1) is 6.92 Å². The molecule has 106 valence electrons. The van der Waals surface area contributed by atoms with Gasteiger partial charge in [0.25, 0.3) is 0 Å². The predicted octanol–water partition coefficient (Wildman–Crippen LogP) is 0.900. The number of rotatable bonds is 5. The van der Waals surface area contributed by atoms with E-state index in [-0.39, 0.29) is 5.95 Å². The van der Waals surface area contributed by atoms with Gasteiger partial charge in [0.05, 0.1) is 12.2 Å². The van der Waals surface area contributed by atoms with Gasteiger partial charge in [0.2, 0.25) is 5.95 Å². The summed E-state index contributed by atoms with van der Waals surface area (Å²) in [5.74, 6) is 1.08. The van der Waals surface area contributed by atoms with Crippen molar-refractivity contribution in [3.8, 4) is 0 Å². The van der Waals surface area contributed by atoms with Crippen LogP contribution in [0.15, 0.2) is 24.4 Å². The average molecular weight is 272 g/mol. The Morgan fingerprint density at radius 2 is 2.05 bits per heavy atom. The van der Waals surface area contributed by atoms with E-state index in [0.29, 0.717) is 13.1 Å². The van der Waals surface area contributed by atoms with Gasteiger partial charge in [-0.05, 0) is 32.0 Å². The molecule has 2 heterocycles. The Balaban J connectivity index is 2.23. The summed E-state index contributed by atoms with van der Waals surface area (Å²) in [4.78, 5) is 14.9. The summed E-state index contributed by atoms with van der Waals surface area (Å²) in [5.41, 5.74) is 14.3. The average Bonchev–Trinajstić information content (AvgIpc) is 2.41. The summed E-state index contributed by atoms with van der Waals surface area (Å²) >= 11 is 0. The quantitative estimate of drug-likeness (QED) is 0.840. The van der Waals surface area contributed by atoms with E-state index in [9.17, 15) is 0 Å². The molecule has 0 radical (unpaired) electrons. The zero-order valence-corrected chi connectivity index (χ0v) is 11.9. The fraction of sp³-hybridized carbons (Fsp3) is 0.357. The van der Waals surface area contributed by atoms with Gasteiger partial charge in [0.15, 0.2) is 0 Å². The molecule has 20 heavy (non-hydrogen) atoms. The van der Waals surface area contributed by atoms with Crippen LogP contribution in [0.3, 0.4) is 0 Å². The molecule has 0 saturated heterocycles. The van der Waals surface area contributed by atoms with Crippen LogP contribution in [0.4, 0.5) is 11.8 Å². The molecule has 2 rings (SSSR count). The van der Waals surface area contributed by atoms with Gasteiger partial charge in [0.1, 0.15) is 5.82 Å². The summed E-state index contributed by atoms with van der Waals surface area (Å²) < 4.78 is 0. The Hall–Kier alpha value is -2.21. The van der Waals surface area contributed by atoms with Crippen molar-refractivity contribution in [1.82, 2.24) is 15.0 Å². The van der Waals surface area contributed by atoms with Crippen molar-refractivity contribution in [2.75, 3.05) is 24.2 Å². The van der Waals surface area contributed by atoms with Crippen LogP contribution in [0.1, 0.15) is 17.0 Å². The van der Waals surface area contributed by atoms with Gasteiger partial charge in [-0.25, -0.2) is 4.98 Å². The third kappa shape index (κ3) is 3.42. The molecule has 0 atom stereocenters. The fourth-order valence-corrected chi connectivity index (χ4v) is 2.08. The van der Waals surface area contributed by atoms with E-state index >= 15 is 0 Å². The zero-order chi connectivity index (χ0) is 14.5. The van der Waals surface area contributed by atoms with Gasteiger partial charge >= 0.3 is 0 Å². The SMILES string of the molecule is Cc1cccc(CN(C)c2nc(N)ncc2CCN)n1. The molecule has 0 aliphatic heterocycles. The highest BCUT2D eigenvalue weighted by Gasteiger charge is 2.11. The van der Waals surface area contributed by atoms with E-state index in [2.05, 4.69) is 15.0 Å². The summed E-state index contributed by atoms with van der Waals surface area (Å²) in [6.45, 7) is 3.19. The molecule has 0 amide bonds. The Bertz CT molecular complexity index is 584. The second kappa shape index (κ2) is 6.29. The maximum absolute atomic E-state index is 5.68. The molecule has 4 N–H and O–H groups in total. The highest BCUT2D eigenvalue weighted by molar-refractivity contribution is 5.48. The second-order valence-electron chi connectivity index (χ2n) is 4.74. The number of nitrogens with two attached hydrogens (primary N) is 2. The smallest absolute Gasteiger partial charge is 0.221 e. The fourth-order valence-electron chi connectivity index (χ4n) is 2.08. The lowest BCUT2D eigenvalue weighted by atomic mass is 10.2. The van der Waals surface area contributed by atoms with E-state index in [4.69, 9.17) is 11.5 Å². The van der Waals surface area contributed by atoms with Crippen molar-refractivity contribution >= 4 is 11.8 Å². The molecule has 6 nitrogen and oxygen atoms in total. The first-order chi connectivity index (χ1) is 9.60. The number of anilines is 2. The van der Waals surface area contributed by atoms with Crippen LogP contribution in [-0.2, 0) is 13.0 Å². The maximum atomic E-state index is 5.68. The molecule has 2 aromatic heterocycles. The van der Waals surface area contributed by atoms with Crippen molar-refractivity contribution in [1.29, 1.82) is 0 Å². The number of nitrogens with zero attached hydrogens (tertiary/aromatic N) is 4. The van der Waals surface area contributed by atoms with Crippen molar-refractivity contribution in [2.45, 2.75) is 19.9 Å². The highest BCUT2D eigenvalue weighted by atomic mass is 15.2. The molecule has 0 aliphatic carbocycles. The van der Waals surface area contributed by atoms with E-state index < -0.39 is 0 Å². The largest absolute Gasteiger partial charge is 0.368 e. The van der Waals surface area contributed by atoms with Gasteiger partial charge in [-0.2, -0.15) is 4.98 Å². The third-order valence-electron chi connectivity index (χ3n) is 2.98. The molecule has 0 saturated carbocycles. The van der Waals surface area contributed by atoms with E-state index in [1.807, 2.05) is 37.1 Å². The molecule has 6 heteroatoms. The molecule has 0 unspecified atom stereocenters. The van der Waals surface area contributed by atoms with Crippen molar-refractivity contribution < 1.29 is 0 Å². The standard InChI is InChI=1S/C14H20N6/c1-10-4-3-5-12(18-10)9-20(2)13-11(6-7-15)8-17-14(16)19-13/h3-5,8H,6-7,9,15H2,1-2H3,(H2,16,17,19). The number of nitrogen functional groups attached to an aromatic ring is 1. The normalized spacial score (nSPS) is 10.6. The maximum Gasteiger partial charge on any atom is 0.221 e. The first-order valence-electron chi connectivity index (χ1n) is 6.55. The van der Waals surface area contributed by atoms with Crippen LogP contribution in [0.2, 0.25) is 0 Å². The van der Waals surface area contributed by atoms with Gasteiger partial charge in [-0.15, -0.1) is 0 Å². The van der Waals surface area contributed by atoms with Gasteiger partial charge < -0.3 is 16.4 Å². The van der Waals surface area contributed by atoms with Crippen LogP contribution >= 0.6 is 0 Å². The third-order valence-corrected chi connectivity index (χ3v) is 2.98. The lowest BCUT2D eigenvalue weighted by molar-refractivity contribution is 0.834. The molecule has 2 aromatic rings. The predicted molar refractivity (Wildman–Crippen MR) is 80.3 cm³/mol. The van der Waals surface area contributed by atoms with E-state index in [0.717, 1.165) is 29.2 Å². The molecule has 0 spiro atoms. The topological polar surface area (TPSA) is 94.0 Å². The first kappa shape index (κ1) is 14.2. The Labute approximate surface area is 118 Å². The molecule has 0 aromatic carbocycles. The minimum absolute atomic E-state index is 0.268. The van der Waals surface area contributed by atoms with Crippen LogP contribution < -0.4 is 16.4 Å². The number of pyridine rings is 1. The van der Waals surface area contributed by atoms with Gasteiger partial charge in [0, 0.05) is 24.5 Å². The molecule has 0 fully saturated rings. The Morgan fingerprint density at radius 1 is 1.25 bits per heavy atom.